The van der Waals surface area contributed by atoms with Crippen molar-refractivity contribution >= 4 is 0 Å². The number of hydrogen-bond acceptors (Lipinski definition) is 5. The van der Waals surface area contributed by atoms with E-state index in [4.69, 9.17) is 9.57 Å². The molecule has 5 nitrogen and oxygen atoms in total. The quantitative estimate of drug-likeness (QED) is 0.414. The fourth-order valence-corrected chi connectivity index (χ4v) is 0.566. The molecule has 0 aromatic rings. The first-order valence-corrected chi connectivity index (χ1v) is 3.79. The van der Waals surface area contributed by atoms with Crippen LogP contribution in [0.2, 0.25) is 0 Å². The highest BCUT2D eigenvalue weighted by atomic mass is 16.7. The minimum atomic E-state index is 0.518. The van der Waals surface area contributed by atoms with Gasteiger partial charge in [0.25, 0.3) is 0 Å². The summed E-state index contributed by atoms with van der Waals surface area (Å²) in [6.45, 7) is 1.08. The van der Waals surface area contributed by atoms with E-state index in [-0.39, 0.29) is 0 Å². The number of hydroxylamine groups is 1. The van der Waals surface area contributed by atoms with Crippen molar-refractivity contribution in [3.63, 3.8) is 0 Å². The van der Waals surface area contributed by atoms with Gasteiger partial charge in [-0.1, -0.05) is 0 Å². The minimum Gasteiger partial charge on any atom is -0.368 e. The highest BCUT2D eigenvalue weighted by Gasteiger charge is 2.04. The van der Waals surface area contributed by atoms with Crippen molar-refractivity contribution in [3.05, 3.63) is 0 Å². The second-order valence-corrected chi connectivity index (χ2v) is 2.88. The third kappa shape index (κ3) is 5.45. The minimum absolute atomic E-state index is 0.518. The van der Waals surface area contributed by atoms with Crippen LogP contribution < -0.4 is 0 Å². The zero-order valence-corrected chi connectivity index (χ0v) is 8.57. The van der Waals surface area contributed by atoms with Crippen LogP contribution in [-0.2, 0) is 9.57 Å². The lowest BCUT2D eigenvalue weighted by Crippen LogP contribution is -2.39. The molecule has 0 radical (unpaired) electrons. The third-order valence-electron chi connectivity index (χ3n) is 1.30. The molecule has 0 spiro atoms. The van der Waals surface area contributed by atoms with Gasteiger partial charge >= 0.3 is 0 Å². The molecule has 0 N–H and O–H groups in total. The molecule has 0 rings (SSSR count). The predicted molar refractivity (Wildman–Crippen MR) is 47.0 cm³/mol. The highest BCUT2D eigenvalue weighted by molar-refractivity contribution is 4.28. The Morgan fingerprint density at radius 3 is 2.00 bits per heavy atom. The molecule has 0 aromatic carbocycles. The van der Waals surface area contributed by atoms with Crippen molar-refractivity contribution in [3.8, 4) is 0 Å². The summed E-state index contributed by atoms with van der Waals surface area (Å²) in [4.78, 5) is 7.26. The van der Waals surface area contributed by atoms with Crippen LogP contribution in [0.5, 0.6) is 0 Å². The van der Waals surface area contributed by atoms with Crippen LogP contribution in [-0.4, -0.2) is 63.8 Å². The fourth-order valence-electron chi connectivity index (χ4n) is 0.566. The van der Waals surface area contributed by atoms with Gasteiger partial charge in [0.15, 0.2) is 0 Å². The lowest BCUT2D eigenvalue weighted by atomic mass is 10.9. The Morgan fingerprint density at radius 2 is 1.58 bits per heavy atom. The summed E-state index contributed by atoms with van der Waals surface area (Å²) in [7, 11) is 9.27. The van der Waals surface area contributed by atoms with Crippen molar-refractivity contribution in [1.82, 2.24) is 15.1 Å². The largest absolute Gasteiger partial charge is 0.368 e. The zero-order valence-electron chi connectivity index (χ0n) is 8.57. The van der Waals surface area contributed by atoms with Crippen LogP contribution in [0, 0.1) is 0 Å². The van der Waals surface area contributed by atoms with Crippen LogP contribution in [0.15, 0.2) is 0 Å². The molecule has 0 unspecified atom stereocenters. The van der Waals surface area contributed by atoms with Gasteiger partial charge in [0.1, 0.15) is 13.5 Å². The number of hydrazine groups is 1. The van der Waals surface area contributed by atoms with Gasteiger partial charge < -0.3 is 4.74 Å². The van der Waals surface area contributed by atoms with Gasteiger partial charge in [0.05, 0.1) is 0 Å². The van der Waals surface area contributed by atoms with E-state index >= 15 is 0 Å². The van der Waals surface area contributed by atoms with Crippen molar-refractivity contribution in [2.45, 2.75) is 0 Å². The van der Waals surface area contributed by atoms with Gasteiger partial charge in [0.2, 0.25) is 0 Å². The smallest absolute Gasteiger partial charge is 0.122 e. The van der Waals surface area contributed by atoms with Gasteiger partial charge in [-0.3, -0.25) is 9.74 Å². The van der Waals surface area contributed by atoms with Gasteiger partial charge in [-0.25, -0.2) is 0 Å². The molecular formula is C7H19N3O2. The number of ether oxygens (including phenoxy) is 1. The Labute approximate surface area is 74.4 Å². The number of nitrogens with zero attached hydrogens (tertiary/aromatic N) is 3. The summed E-state index contributed by atoms with van der Waals surface area (Å²) in [5.74, 6) is 0. The molecule has 74 valence electrons. The molecule has 0 amide bonds. The van der Waals surface area contributed by atoms with Crippen LogP contribution in [0.1, 0.15) is 0 Å². The van der Waals surface area contributed by atoms with E-state index in [0.29, 0.717) is 13.5 Å². The Morgan fingerprint density at radius 1 is 1.00 bits per heavy atom. The number of rotatable bonds is 6. The maximum atomic E-state index is 5.32. The van der Waals surface area contributed by atoms with Gasteiger partial charge in [-0.2, -0.15) is 5.01 Å². The average molecular weight is 177 g/mol. The molecule has 0 fully saturated rings. The van der Waals surface area contributed by atoms with Gasteiger partial charge in [-0.05, 0) is 14.1 Å². The van der Waals surface area contributed by atoms with E-state index in [1.54, 1.807) is 12.3 Å². The second-order valence-electron chi connectivity index (χ2n) is 2.88. The highest BCUT2D eigenvalue weighted by Crippen LogP contribution is 1.92. The van der Waals surface area contributed by atoms with Gasteiger partial charge in [0, 0.05) is 21.2 Å². The first-order valence-electron chi connectivity index (χ1n) is 3.79. The van der Waals surface area contributed by atoms with Crippen molar-refractivity contribution in [2.24, 2.45) is 0 Å². The van der Waals surface area contributed by atoms with Crippen molar-refractivity contribution in [1.29, 1.82) is 0 Å². The monoisotopic (exact) mass is 177 g/mol. The first kappa shape index (κ1) is 11.8. The van der Waals surface area contributed by atoms with E-state index in [9.17, 15) is 0 Å². The van der Waals surface area contributed by atoms with Crippen LogP contribution in [0.3, 0.4) is 0 Å². The molecule has 0 saturated carbocycles. The molecule has 0 aliphatic heterocycles. The van der Waals surface area contributed by atoms with E-state index < -0.39 is 0 Å². The van der Waals surface area contributed by atoms with Gasteiger partial charge in [-0.15, -0.1) is 5.17 Å². The summed E-state index contributed by atoms with van der Waals surface area (Å²) in [5.41, 5.74) is 0. The molecule has 0 aromatic heterocycles. The summed E-state index contributed by atoms with van der Waals surface area (Å²) >= 11 is 0. The van der Waals surface area contributed by atoms with Crippen LogP contribution >= 0.6 is 0 Å². The SMILES string of the molecule is COCN(C)N(C)OCN(C)C. The molecule has 0 aliphatic rings. The predicted octanol–water partition coefficient (Wildman–Crippen LogP) is -0.180. The lowest BCUT2D eigenvalue weighted by Gasteiger charge is -2.27. The molecule has 12 heavy (non-hydrogen) atoms. The third-order valence-corrected chi connectivity index (χ3v) is 1.30. The summed E-state index contributed by atoms with van der Waals surface area (Å²) in [5, 5.41) is 3.47. The zero-order chi connectivity index (χ0) is 9.56. The van der Waals surface area contributed by atoms with Crippen LogP contribution in [0.4, 0.5) is 0 Å². The summed E-state index contributed by atoms with van der Waals surface area (Å²) in [6, 6.07) is 0. The van der Waals surface area contributed by atoms with E-state index in [0.717, 1.165) is 0 Å². The van der Waals surface area contributed by atoms with Crippen molar-refractivity contribution < 1.29 is 9.57 Å². The van der Waals surface area contributed by atoms with E-state index in [2.05, 4.69) is 0 Å². The molecule has 0 saturated heterocycles. The van der Waals surface area contributed by atoms with E-state index in [1.165, 1.54) is 0 Å². The maximum absolute atomic E-state index is 5.32. The van der Waals surface area contributed by atoms with Crippen LogP contribution in [0.25, 0.3) is 0 Å². The second kappa shape index (κ2) is 6.33. The Bertz CT molecular complexity index is 111. The fraction of sp³-hybridized carbons (Fsp3) is 1.00. The maximum Gasteiger partial charge on any atom is 0.122 e. The summed E-state index contributed by atoms with van der Waals surface area (Å²) < 4.78 is 4.92. The molecule has 0 bridgehead atoms. The molecule has 0 aliphatic carbocycles. The molecular weight excluding hydrogens is 158 g/mol. The van der Waals surface area contributed by atoms with Crippen molar-refractivity contribution in [2.75, 3.05) is 48.8 Å². The molecule has 0 atom stereocenters. The summed E-state index contributed by atoms with van der Waals surface area (Å²) in [6.07, 6.45) is 0. The first-order chi connectivity index (χ1) is 5.57. The Hall–Kier alpha value is -0.200. The number of hydrogen-bond donors (Lipinski definition) is 0. The Balaban J connectivity index is 3.49. The normalized spacial score (nSPS) is 12.0. The topological polar surface area (TPSA) is 28.2 Å². The average Bonchev–Trinajstić information content (AvgIpc) is 2.00. The number of methoxy groups -OCH3 is 1. The molecule has 5 heteroatoms. The van der Waals surface area contributed by atoms with E-state index in [1.807, 2.05) is 38.1 Å². The Kier molecular flexibility index (Phi) is 6.23. The molecule has 0 heterocycles. The lowest BCUT2D eigenvalue weighted by molar-refractivity contribution is -0.291. The standard InChI is InChI=1S/C7H19N3O2/c1-8(2)6-12-10(4)9(3)7-11-5/h6-7H2,1-5H3.